The van der Waals surface area contributed by atoms with Crippen LogP contribution in [0.4, 0.5) is 0 Å². The van der Waals surface area contributed by atoms with Gasteiger partial charge in [0.05, 0.1) is 6.04 Å². The Bertz CT molecular complexity index is 1120. The first kappa shape index (κ1) is 22.4. The molecule has 0 bridgehead atoms. The van der Waals surface area contributed by atoms with E-state index in [1.165, 1.54) is 28.3 Å². The van der Waals surface area contributed by atoms with Gasteiger partial charge in [-0.15, -0.1) is 0 Å². The first-order chi connectivity index (χ1) is 15.6. The number of aryl methyl sites for hydroxylation is 2. The van der Waals surface area contributed by atoms with Gasteiger partial charge in [0.2, 0.25) is 5.91 Å². The highest BCUT2D eigenvalue weighted by atomic mass is 32.2. The maximum Gasteiger partial charge on any atom is 0.240 e. The van der Waals surface area contributed by atoms with Gasteiger partial charge in [-0.2, -0.15) is 5.26 Å². The molecule has 2 aromatic carbocycles. The molecule has 32 heavy (non-hydrogen) atoms. The summed E-state index contributed by atoms with van der Waals surface area (Å²) in [6.07, 6.45) is 4.66. The third-order valence-electron chi connectivity index (χ3n) is 6.41. The molecule has 1 N–H and O–H groups in total. The Morgan fingerprint density at radius 1 is 1.16 bits per heavy atom. The van der Waals surface area contributed by atoms with Crippen molar-refractivity contribution < 1.29 is 4.79 Å². The van der Waals surface area contributed by atoms with Gasteiger partial charge in [0.15, 0.2) is 0 Å². The molecule has 1 unspecified atom stereocenters. The van der Waals surface area contributed by atoms with Crippen molar-refractivity contribution in [3.8, 4) is 6.07 Å². The van der Waals surface area contributed by atoms with Gasteiger partial charge in [-0.1, -0.05) is 37.3 Å². The quantitative estimate of drug-likeness (QED) is 0.511. The average molecular weight is 447 g/mol. The van der Waals surface area contributed by atoms with E-state index in [1.807, 2.05) is 27.8 Å². The molecule has 2 heterocycles. The van der Waals surface area contributed by atoms with Crippen molar-refractivity contribution in [2.45, 2.75) is 50.6 Å². The van der Waals surface area contributed by atoms with E-state index in [1.54, 1.807) is 0 Å². The van der Waals surface area contributed by atoms with Gasteiger partial charge in [0.25, 0.3) is 0 Å². The fourth-order valence-electron chi connectivity index (χ4n) is 4.31. The highest BCUT2D eigenvalue weighted by molar-refractivity contribution is 7.97. The summed E-state index contributed by atoms with van der Waals surface area (Å²) in [5, 5.41) is 11.7. The van der Waals surface area contributed by atoms with E-state index in [-0.39, 0.29) is 11.9 Å². The van der Waals surface area contributed by atoms with Gasteiger partial charge in [-0.3, -0.25) is 4.79 Å². The number of nitrogens with zero attached hydrogens (tertiary/aromatic N) is 3. The molecular formula is C26H30N4OS. The van der Waals surface area contributed by atoms with Crippen LogP contribution in [-0.4, -0.2) is 34.5 Å². The Kier molecular flexibility index (Phi) is 7.19. The number of aromatic nitrogens is 1. The molecule has 4 rings (SSSR count). The Balaban J connectivity index is 1.51. The fourth-order valence-corrected chi connectivity index (χ4v) is 5.22. The molecule has 1 aromatic heterocycles. The van der Waals surface area contributed by atoms with Crippen LogP contribution in [-0.2, 0) is 11.3 Å². The lowest BCUT2D eigenvalue weighted by atomic mass is 9.98. The summed E-state index contributed by atoms with van der Waals surface area (Å²) in [4.78, 5) is 16.6. The van der Waals surface area contributed by atoms with E-state index in [0.717, 1.165) is 30.8 Å². The van der Waals surface area contributed by atoms with Crippen LogP contribution in [0.1, 0.15) is 37.4 Å². The second-order valence-electron chi connectivity index (χ2n) is 8.69. The zero-order valence-electron chi connectivity index (χ0n) is 18.8. The summed E-state index contributed by atoms with van der Waals surface area (Å²) in [5.41, 5.74) is 1.87. The van der Waals surface area contributed by atoms with Crippen LogP contribution < -0.4 is 4.72 Å². The molecular weight excluding hydrogens is 416 g/mol. The first-order valence-electron chi connectivity index (χ1n) is 11.3. The number of hydrogen-bond donors (Lipinski definition) is 1. The number of rotatable bonds is 7. The number of carbonyl (C=O) groups excluding carboxylic acids is 1. The summed E-state index contributed by atoms with van der Waals surface area (Å²) < 4.78 is 5.41. The van der Waals surface area contributed by atoms with Crippen molar-refractivity contribution in [2.24, 2.45) is 5.92 Å². The van der Waals surface area contributed by atoms with Crippen LogP contribution in [0.5, 0.6) is 0 Å². The number of amides is 1. The fraction of sp³-hybridized carbons (Fsp3) is 0.385. The maximum absolute atomic E-state index is 13.4. The lowest BCUT2D eigenvalue weighted by Gasteiger charge is -2.33. The predicted molar refractivity (Wildman–Crippen MR) is 130 cm³/mol. The number of carbonyl (C=O) groups is 1. The number of nitriles is 1. The standard InChI is InChI=1S/C26H30N4OS/c1-19-11-15-30(16-12-19)26(31)24(13-17-29-14-5-6-21(29)18-27)28-32-25-10-9-20(2)22-7-3-4-8-23(22)25/h3-10,14,19,24,28H,11-13,15-17H2,1-2H3. The zero-order valence-corrected chi connectivity index (χ0v) is 19.6. The summed E-state index contributed by atoms with van der Waals surface area (Å²) in [6, 6.07) is 18.2. The normalized spacial score (nSPS) is 15.6. The lowest BCUT2D eigenvalue weighted by molar-refractivity contribution is -0.134. The average Bonchev–Trinajstić information content (AvgIpc) is 3.28. The maximum atomic E-state index is 13.4. The van der Waals surface area contributed by atoms with Crippen LogP contribution in [0.25, 0.3) is 10.8 Å². The van der Waals surface area contributed by atoms with Gasteiger partial charge in [0.1, 0.15) is 11.8 Å². The minimum Gasteiger partial charge on any atom is -0.341 e. The van der Waals surface area contributed by atoms with Crippen LogP contribution >= 0.6 is 11.9 Å². The first-order valence-corrected chi connectivity index (χ1v) is 12.1. The van der Waals surface area contributed by atoms with Gasteiger partial charge in [-0.05, 0) is 78.6 Å². The number of fused-ring (bicyclic) bond motifs is 1. The molecule has 0 radical (unpaired) electrons. The molecule has 5 nitrogen and oxygen atoms in total. The van der Waals surface area contributed by atoms with E-state index in [4.69, 9.17) is 0 Å². The third kappa shape index (κ3) is 5.01. The zero-order chi connectivity index (χ0) is 22.5. The second-order valence-corrected chi connectivity index (χ2v) is 9.57. The van der Waals surface area contributed by atoms with E-state index >= 15 is 0 Å². The highest BCUT2D eigenvalue weighted by Gasteiger charge is 2.27. The Morgan fingerprint density at radius 2 is 1.91 bits per heavy atom. The lowest BCUT2D eigenvalue weighted by Crippen LogP contribution is -2.47. The van der Waals surface area contributed by atoms with Crippen LogP contribution in [0, 0.1) is 24.2 Å². The molecule has 6 heteroatoms. The summed E-state index contributed by atoms with van der Waals surface area (Å²) in [5.74, 6) is 0.836. The Hall–Kier alpha value is -2.75. The number of hydrogen-bond acceptors (Lipinski definition) is 4. The number of nitrogens with one attached hydrogen (secondary N) is 1. The summed E-state index contributed by atoms with van der Waals surface area (Å²) >= 11 is 1.53. The van der Waals surface area contributed by atoms with Crippen molar-refractivity contribution in [2.75, 3.05) is 13.1 Å². The van der Waals surface area contributed by atoms with Gasteiger partial charge >= 0.3 is 0 Å². The number of piperidine rings is 1. The van der Waals surface area contributed by atoms with Crippen molar-refractivity contribution in [3.63, 3.8) is 0 Å². The number of benzene rings is 2. The van der Waals surface area contributed by atoms with E-state index in [0.29, 0.717) is 24.6 Å². The smallest absolute Gasteiger partial charge is 0.240 e. The van der Waals surface area contributed by atoms with E-state index in [2.05, 4.69) is 61.0 Å². The Labute approximate surface area is 194 Å². The SMILES string of the molecule is Cc1ccc(SNC(CCn2cccc2C#N)C(=O)N2CCC(C)CC2)c2ccccc12. The van der Waals surface area contributed by atoms with Crippen LogP contribution in [0.3, 0.4) is 0 Å². The molecule has 0 aliphatic carbocycles. The van der Waals surface area contributed by atoms with E-state index < -0.39 is 0 Å². The van der Waals surface area contributed by atoms with Crippen LogP contribution in [0.2, 0.25) is 0 Å². The minimum atomic E-state index is -0.317. The topological polar surface area (TPSA) is 61.1 Å². The van der Waals surface area contributed by atoms with Crippen LogP contribution in [0.15, 0.2) is 59.6 Å². The molecule has 1 atom stereocenters. The van der Waals surface area contributed by atoms with Crippen molar-refractivity contribution >= 4 is 28.6 Å². The molecule has 1 saturated heterocycles. The van der Waals surface area contributed by atoms with Crippen molar-refractivity contribution in [1.29, 1.82) is 5.26 Å². The minimum absolute atomic E-state index is 0.159. The molecule has 0 spiro atoms. The molecule has 1 aliphatic rings. The second kappa shape index (κ2) is 10.2. The van der Waals surface area contributed by atoms with Crippen molar-refractivity contribution in [1.82, 2.24) is 14.2 Å². The predicted octanol–water partition coefficient (Wildman–Crippen LogP) is 5.14. The van der Waals surface area contributed by atoms with Gasteiger partial charge < -0.3 is 9.47 Å². The largest absolute Gasteiger partial charge is 0.341 e. The molecule has 3 aromatic rings. The highest BCUT2D eigenvalue weighted by Crippen LogP contribution is 2.29. The third-order valence-corrected chi connectivity index (χ3v) is 7.39. The summed E-state index contributed by atoms with van der Waals surface area (Å²) in [7, 11) is 0. The summed E-state index contributed by atoms with van der Waals surface area (Å²) in [6.45, 7) is 6.65. The molecule has 1 amide bonds. The molecule has 1 aliphatic heterocycles. The Morgan fingerprint density at radius 3 is 2.66 bits per heavy atom. The van der Waals surface area contributed by atoms with Gasteiger partial charge in [-0.25, -0.2) is 4.72 Å². The number of likely N-dealkylation sites (tertiary alicyclic amines) is 1. The molecule has 1 fully saturated rings. The monoisotopic (exact) mass is 446 g/mol. The molecule has 166 valence electrons. The van der Waals surface area contributed by atoms with Gasteiger partial charge in [0, 0.05) is 30.7 Å². The molecule has 0 saturated carbocycles. The van der Waals surface area contributed by atoms with Crippen molar-refractivity contribution in [3.05, 3.63) is 66.0 Å². The van der Waals surface area contributed by atoms with E-state index in [9.17, 15) is 10.1 Å².